The molecule has 0 bridgehead atoms. The molecule has 128 valence electrons. The number of halogens is 1. The van der Waals surface area contributed by atoms with Gasteiger partial charge in [-0.2, -0.15) is 0 Å². The monoisotopic (exact) mass is 414 g/mol. The Bertz CT molecular complexity index is 879. The summed E-state index contributed by atoms with van der Waals surface area (Å²) in [4.78, 5) is 14.3. The second-order valence-corrected chi connectivity index (χ2v) is 8.76. The van der Waals surface area contributed by atoms with E-state index in [1.165, 1.54) is 4.80 Å². The molecule has 1 aromatic carbocycles. The number of carboxylic acids is 1. The molecule has 8 nitrogen and oxygen atoms in total. The summed E-state index contributed by atoms with van der Waals surface area (Å²) >= 11 is 3.33. The molecular weight excluding hydrogens is 400 g/mol. The van der Waals surface area contributed by atoms with Crippen LogP contribution in [0.2, 0.25) is 0 Å². The van der Waals surface area contributed by atoms with Crippen LogP contribution in [0.5, 0.6) is 0 Å². The third kappa shape index (κ3) is 3.29. The molecule has 2 aromatic rings. The normalized spacial score (nSPS) is 19.3. The molecule has 1 aliphatic rings. The molecule has 0 aliphatic carbocycles. The van der Waals surface area contributed by atoms with E-state index < -0.39 is 15.8 Å². The number of rotatable bonds is 4. The topological polar surface area (TPSA) is 105 Å². The number of aromatic nitrogens is 3. The molecule has 1 aliphatic heterocycles. The van der Waals surface area contributed by atoms with Crippen LogP contribution in [0.3, 0.4) is 0 Å². The second-order valence-electron chi connectivity index (χ2n) is 5.61. The van der Waals surface area contributed by atoms with Gasteiger partial charge in [0.15, 0.2) is 15.7 Å². The van der Waals surface area contributed by atoms with Crippen molar-refractivity contribution in [2.75, 3.05) is 23.5 Å². The number of hydrogen-bond acceptors (Lipinski definition) is 6. The lowest BCUT2D eigenvalue weighted by atomic mass is 10.2. The first-order chi connectivity index (χ1) is 11.3. The summed E-state index contributed by atoms with van der Waals surface area (Å²) in [7, 11) is -1.43. The summed E-state index contributed by atoms with van der Waals surface area (Å²) < 4.78 is 24.2. The van der Waals surface area contributed by atoms with Crippen molar-refractivity contribution in [1.82, 2.24) is 15.0 Å². The lowest BCUT2D eigenvalue weighted by molar-refractivity contribution is 0.0690. The van der Waals surface area contributed by atoms with Gasteiger partial charge in [0, 0.05) is 17.6 Å². The Morgan fingerprint density at radius 1 is 1.33 bits per heavy atom. The molecule has 1 fully saturated rings. The zero-order chi connectivity index (χ0) is 17.5. The summed E-state index contributed by atoms with van der Waals surface area (Å²) in [5.74, 6) is -0.951. The average molecular weight is 415 g/mol. The van der Waals surface area contributed by atoms with Gasteiger partial charge in [0.2, 0.25) is 5.69 Å². The fourth-order valence-corrected chi connectivity index (χ4v) is 4.66. The highest BCUT2D eigenvalue weighted by Gasteiger charge is 2.34. The molecule has 0 radical (unpaired) electrons. The van der Waals surface area contributed by atoms with Crippen LogP contribution in [0.1, 0.15) is 16.9 Å². The number of anilines is 1. The predicted molar refractivity (Wildman–Crippen MR) is 91.5 cm³/mol. The van der Waals surface area contributed by atoms with Crippen LogP contribution in [-0.2, 0) is 9.84 Å². The standard InChI is InChI=1S/C14H15BrN4O4S/c1-18(11-6-7-24(22,23)8-11)13-12(14(20)21)16-19(17-13)10-4-2-9(15)3-5-10/h2-5,11H,6-8H2,1H3,(H,20,21). The first kappa shape index (κ1) is 16.9. The van der Waals surface area contributed by atoms with Gasteiger partial charge in [0.25, 0.3) is 0 Å². The van der Waals surface area contributed by atoms with Crippen LogP contribution in [0.25, 0.3) is 5.69 Å². The molecule has 1 unspecified atom stereocenters. The van der Waals surface area contributed by atoms with E-state index in [0.29, 0.717) is 12.1 Å². The molecule has 1 N–H and O–H groups in total. The van der Waals surface area contributed by atoms with Crippen molar-refractivity contribution in [3.05, 3.63) is 34.4 Å². The fraction of sp³-hybridized carbons (Fsp3) is 0.357. The van der Waals surface area contributed by atoms with E-state index in [1.54, 1.807) is 36.2 Å². The molecule has 24 heavy (non-hydrogen) atoms. The van der Waals surface area contributed by atoms with Crippen molar-refractivity contribution in [2.24, 2.45) is 0 Å². The Balaban J connectivity index is 1.98. The maximum Gasteiger partial charge on any atom is 0.360 e. The zero-order valence-corrected chi connectivity index (χ0v) is 15.2. The van der Waals surface area contributed by atoms with Gasteiger partial charge < -0.3 is 10.0 Å². The summed E-state index contributed by atoms with van der Waals surface area (Å²) in [6, 6.07) is 6.79. The Morgan fingerprint density at radius 3 is 2.54 bits per heavy atom. The number of hydrogen-bond donors (Lipinski definition) is 1. The number of aromatic carboxylic acids is 1. The SMILES string of the molecule is CN(c1nn(-c2ccc(Br)cc2)nc1C(=O)O)C1CCS(=O)(=O)C1. The maximum absolute atomic E-state index is 11.7. The Hall–Kier alpha value is -1.94. The van der Waals surface area contributed by atoms with Crippen molar-refractivity contribution in [1.29, 1.82) is 0 Å². The molecule has 1 aromatic heterocycles. The van der Waals surface area contributed by atoms with E-state index in [0.717, 1.165) is 4.47 Å². The van der Waals surface area contributed by atoms with Gasteiger partial charge in [0.05, 0.1) is 17.2 Å². The average Bonchev–Trinajstić information content (AvgIpc) is 3.11. The summed E-state index contributed by atoms with van der Waals surface area (Å²) in [5.41, 5.74) is 0.407. The van der Waals surface area contributed by atoms with Crippen molar-refractivity contribution in [2.45, 2.75) is 12.5 Å². The predicted octanol–water partition coefficient (Wildman–Crippen LogP) is 1.35. The van der Waals surface area contributed by atoms with Gasteiger partial charge in [-0.05, 0) is 30.7 Å². The van der Waals surface area contributed by atoms with E-state index >= 15 is 0 Å². The number of benzene rings is 1. The van der Waals surface area contributed by atoms with E-state index in [4.69, 9.17) is 0 Å². The Kier molecular flexibility index (Phi) is 4.35. The number of carboxylic acid groups (broad SMARTS) is 1. The summed E-state index contributed by atoms with van der Waals surface area (Å²) in [6.45, 7) is 0. The quantitative estimate of drug-likeness (QED) is 0.804. The molecule has 10 heteroatoms. The molecule has 0 spiro atoms. The zero-order valence-electron chi connectivity index (χ0n) is 12.8. The van der Waals surface area contributed by atoms with Gasteiger partial charge in [-0.25, -0.2) is 13.2 Å². The van der Waals surface area contributed by atoms with Crippen LogP contribution in [0.4, 0.5) is 5.82 Å². The molecular formula is C14H15BrN4O4S. The number of nitrogens with zero attached hydrogens (tertiary/aromatic N) is 4. The largest absolute Gasteiger partial charge is 0.476 e. The minimum atomic E-state index is -3.08. The Morgan fingerprint density at radius 2 is 2.00 bits per heavy atom. The van der Waals surface area contributed by atoms with Crippen molar-refractivity contribution in [3.63, 3.8) is 0 Å². The number of carbonyl (C=O) groups is 1. The molecule has 0 amide bonds. The first-order valence-corrected chi connectivity index (χ1v) is 9.78. The van der Waals surface area contributed by atoms with Gasteiger partial charge in [-0.3, -0.25) is 0 Å². The highest BCUT2D eigenvalue weighted by Crippen LogP contribution is 2.25. The minimum Gasteiger partial charge on any atom is -0.476 e. The van der Waals surface area contributed by atoms with Gasteiger partial charge in [-0.15, -0.1) is 15.0 Å². The van der Waals surface area contributed by atoms with Gasteiger partial charge >= 0.3 is 5.97 Å². The Labute approximate surface area is 147 Å². The smallest absolute Gasteiger partial charge is 0.360 e. The van der Waals surface area contributed by atoms with Crippen LogP contribution < -0.4 is 4.90 Å². The van der Waals surface area contributed by atoms with Gasteiger partial charge in [-0.1, -0.05) is 15.9 Å². The van der Waals surface area contributed by atoms with E-state index in [2.05, 4.69) is 26.1 Å². The number of sulfone groups is 1. The fourth-order valence-electron chi connectivity index (χ4n) is 2.62. The van der Waals surface area contributed by atoms with Crippen molar-refractivity contribution >= 4 is 37.6 Å². The summed E-state index contributed by atoms with van der Waals surface area (Å²) in [5, 5.41) is 17.7. The van der Waals surface area contributed by atoms with E-state index in [9.17, 15) is 18.3 Å². The van der Waals surface area contributed by atoms with Gasteiger partial charge in [0.1, 0.15) is 0 Å². The van der Waals surface area contributed by atoms with Crippen molar-refractivity contribution < 1.29 is 18.3 Å². The van der Waals surface area contributed by atoms with Crippen LogP contribution in [0, 0.1) is 0 Å². The third-order valence-corrected chi connectivity index (χ3v) is 6.23. The molecule has 1 saturated heterocycles. The van der Waals surface area contributed by atoms with E-state index in [1.807, 2.05) is 0 Å². The third-order valence-electron chi connectivity index (χ3n) is 3.95. The highest BCUT2D eigenvalue weighted by molar-refractivity contribution is 9.10. The molecule has 0 saturated carbocycles. The lowest BCUT2D eigenvalue weighted by Crippen LogP contribution is -2.34. The van der Waals surface area contributed by atoms with E-state index in [-0.39, 0.29) is 29.1 Å². The first-order valence-electron chi connectivity index (χ1n) is 7.17. The molecule has 3 rings (SSSR count). The van der Waals surface area contributed by atoms with Crippen molar-refractivity contribution in [3.8, 4) is 5.69 Å². The lowest BCUT2D eigenvalue weighted by Gasteiger charge is -2.22. The van der Waals surface area contributed by atoms with Crippen LogP contribution >= 0.6 is 15.9 Å². The maximum atomic E-state index is 11.7. The second kappa shape index (κ2) is 6.17. The molecule has 1 atom stereocenters. The van der Waals surface area contributed by atoms with Crippen LogP contribution in [0.15, 0.2) is 28.7 Å². The van der Waals surface area contributed by atoms with Crippen LogP contribution in [-0.4, -0.2) is 59.1 Å². The summed E-state index contributed by atoms with van der Waals surface area (Å²) in [6.07, 6.45) is 0.447. The molecule has 2 heterocycles. The minimum absolute atomic E-state index is 0.00625. The highest BCUT2D eigenvalue weighted by atomic mass is 79.9.